The van der Waals surface area contributed by atoms with Crippen LogP contribution in [0.3, 0.4) is 0 Å². The van der Waals surface area contributed by atoms with Crippen LogP contribution in [0.15, 0.2) is 109 Å². The highest BCUT2D eigenvalue weighted by molar-refractivity contribution is 5.95. The number of hydrogen-bond donors (Lipinski definition) is 3. The maximum Gasteiger partial charge on any atom is 0.251 e. The maximum atomic E-state index is 12.6. The molecule has 4 aromatic rings. The van der Waals surface area contributed by atoms with Gasteiger partial charge in [-0.2, -0.15) is 0 Å². The minimum atomic E-state index is -0.176. The first-order valence-corrected chi connectivity index (χ1v) is 12.8. The van der Waals surface area contributed by atoms with Gasteiger partial charge < -0.3 is 20.7 Å². The molecule has 2 amide bonds. The van der Waals surface area contributed by atoms with Crippen molar-refractivity contribution in [3.05, 3.63) is 126 Å². The highest BCUT2D eigenvalue weighted by atomic mass is 16.5. The summed E-state index contributed by atoms with van der Waals surface area (Å²) < 4.78 is 5.86. The molecular formula is C32H33N3O3. The lowest BCUT2D eigenvalue weighted by molar-refractivity contribution is -0.114. The van der Waals surface area contributed by atoms with Crippen molar-refractivity contribution in [3.63, 3.8) is 0 Å². The van der Waals surface area contributed by atoms with Gasteiger partial charge in [-0.15, -0.1) is 0 Å². The summed E-state index contributed by atoms with van der Waals surface area (Å²) in [7, 11) is 0. The molecule has 0 spiro atoms. The summed E-state index contributed by atoms with van der Waals surface area (Å²) in [4.78, 5) is 25.0. The summed E-state index contributed by atoms with van der Waals surface area (Å²) in [6, 6.07) is 34.5. The first-order valence-electron chi connectivity index (χ1n) is 12.8. The van der Waals surface area contributed by atoms with Gasteiger partial charge in [0.15, 0.2) is 0 Å². The van der Waals surface area contributed by atoms with Crippen LogP contribution in [-0.2, 0) is 11.2 Å². The van der Waals surface area contributed by atoms with E-state index in [9.17, 15) is 9.59 Å². The molecule has 0 aliphatic carbocycles. The normalized spacial score (nSPS) is 11.3. The summed E-state index contributed by atoms with van der Waals surface area (Å²) in [5.74, 6) is 0.400. The number of hydrogen-bond acceptors (Lipinski definition) is 4. The molecule has 6 nitrogen and oxygen atoms in total. The third-order valence-electron chi connectivity index (χ3n) is 6.09. The van der Waals surface area contributed by atoms with E-state index in [1.54, 1.807) is 24.3 Å². The van der Waals surface area contributed by atoms with Crippen LogP contribution in [0.1, 0.15) is 40.9 Å². The van der Waals surface area contributed by atoms with Crippen LogP contribution in [0.2, 0.25) is 0 Å². The van der Waals surface area contributed by atoms with E-state index >= 15 is 0 Å². The van der Waals surface area contributed by atoms with E-state index < -0.39 is 0 Å². The van der Waals surface area contributed by atoms with Crippen LogP contribution in [0.4, 0.5) is 11.4 Å². The van der Waals surface area contributed by atoms with E-state index in [-0.39, 0.29) is 24.4 Å². The number of nitrogens with one attached hydrogen (secondary N) is 3. The van der Waals surface area contributed by atoms with Gasteiger partial charge in [0.05, 0.1) is 19.2 Å². The Balaban J connectivity index is 1.19. The van der Waals surface area contributed by atoms with Crippen LogP contribution < -0.4 is 20.7 Å². The van der Waals surface area contributed by atoms with Crippen molar-refractivity contribution < 1.29 is 14.3 Å². The van der Waals surface area contributed by atoms with Crippen molar-refractivity contribution in [2.24, 2.45) is 0 Å². The minimum Gasteiger partial charge on any atom is -0.494 e. The third-order valence-corrected chi connectivity index (χ3v) is 6.09. The molecule has 0 aliphatic heterocycles. The predicted molar refractivity (Wildman–Crippen MR) is 153 cm³/mol. The van der Waals surface area contributed by atoms with Crippen molar-refractivity contribution in [2.45, 2.75) is 25.8 Å². The van der Waals surface area contributed by atoms with Gasteiger partial charge in [0, 0.05) is 23.0 Å². The highest BCUT2D eigenvalue weighted by Gasteiger charge is 2.11. The van der Waals surface area contributed by atoms with Gasteiger partial charge in [0.1, 0.15) is 5.75 Å². The quantitative estimate of drug-likeness (QED) is 0.198. The molecule has 0 aliphatic rings. The number of carbonyl (C=O) groups excluding carboxylic acids is 2. The van der Waals surface area contributed by atoms with E-state index in [2.05, 4.69) is 28.1 Å². The molecule has 3 N–H and O–H groups in total. The van der Waals surface area contributed by atoms with Gasteiger partial charge in [-0.25, -0.2) is 0 Å². The second kappa shape index (κ2) is 13.7. The van der Waals surface area contributed by atoms with E-state index in [4.69, 9.17) is 4.74 Å². The SMILES string of the molecule is CC(NC(=O)c1ccc(NCC(=O)Nc2cccc(OCCCc3ccccc3)c2)cc1)c1ccccc1. The standard InChI is InChI=1S/C32H33N3O3/c1-24(26-13-6-3-7-14-26)34-32(37)27-17-19-28(20-18-27)33-23-31(36)35-29-15-8-16-30(22-29)38-21-9-12-25-10-4-2-5-11-25/h2-8,10-11,13-20,22,24,33H,9,12,21,23H2,1H3,(H,34,37)(H,35,36). The van der Waals surface area contributed by atoms with Crippen molar-refractivity contribution in [2.75, 3.05) is 23.8 Å². The second-order valence-corrected chi connectivity index (χ2v) is 9.05. The van der Waals surface area contributed by atoms with E-state index in [1.807, 2.05) is 79.7 Å². The fourth-order valence-corrected chi connectivity index (χ4v) is 4.01. The summed E-state index contributed by atoms with van der Waals surface area (Å²) in [5, 5.41) is 8.99. The van der Waals surface area contributed by atoms with Crippen molar-refractivity contribution in [1.29, 1.82) is 0 Å². The molecule has 0 aromatic heterocycles. The van der Waals surface area contributed by atoms with Crippen LogP contribution in [-0.4, -0.2) is 25.0 Å². The lowest BCUT2D eigenvalue weighted by atomic mass is 10.1. The number of amides is 2. The maximum absolute atomic E-state index is 12.6. The molecule has 38 heavy (non-hydrogen) atoms. The number of carbonyl (C=O) groups is 2. The molecule has 4 aromatic carbocycles. The van der Waals surface area contributed by atoms with Gasteiger partial charge in [-0.05, 0) is 67.3 Å². The molecule has 0 heterocycles. The second-order valence-electron chi connectivity index (χ2n) is 9.05. The highest BCUT2D eigenvalue weighted by Crippen LogP contribution is 2.18. The summed E-state index contributed by atoms with van der Waals surface area (Å²) >= 11 is 0. The molecule has 0 saturated carbocycles. The average Bonchev–Trinajstić information content (AvgIpc) is 2.96. The Kier molecular flexibility index (Phi) is 9.51. The number of aryl methyl sites for hydroxylation is 1. The predicted octanol–water partition coefficient (Wildman–Crippen LogP) is 6.24. The molecular weight excluding hydrogens is 474 g/mol. The van der Waals surface area contributed by atoms with Gasteiger partial charge in [-0.3, -0.25) is 9.59 Å². The smallest absolute Gasteiger partial charge is 0.251 e. The minimum absolute atomic E-state index is 0.0941. The Morgan fingerprint density at radius 2 is 1.50 bits per heavy atom. The van der Waals surface area contributed by atoms with Gasteiger partial charge in [-0.1, -0.05) is 66.7 Å². The summed E-state index contributed by atoms with van der Waals surface area (Å²) in [5.41, 5.74) is 4.33. The molecule has 0 saturated heterocycles. The van der Waals surface area contributed by atoms with Crippen LogP contribution in [0.5, 0.6) is 5.75 Å². The Morgan fingerprint density at radius 1 is 0.789 bits per heavy atom. The van der Waals surface area contributed by atoms with Gasteiger partial charge >= 0.3 is 0 Å². The van der Waals surface area contributed by atoms with Crippen molar-refractivity contribution in [1.82, 2.24) is 5.32 Å². The fraction of sp³-hybridized carbons (Fsp3) is 0.188. The largest absolute Gasteiger partial charge is 0.494 e. The van der Waals surface area contributed by atoms with Crippen LogP contribution in [0.25, 0.3) is 0 Å². The first-order chi connectivity index (χ1) is 18.6. The fourth-order valence-electron chi connectivity index (χ4n) is 4.01. The monoisotopic (exact) mass is 507 g/mol. The Hall–Kier alpha value is -4.58. The third kappa shape index (κ3) is 8.23. The molecule has 1 atom stereocenters. The molecule has 0 radical (unpaired) electrons. The van der Waals surface area contributed by atoms with Crippen LogP contribution >= 0.6 is 0 Å². The molecule has 6 heteroatoms. The lowest BCUT2D eigenvalue weighted by Gasteiger charge is -2.14. The van der Waals surface area contributed by atoms with E-state index in [0.717, 1.165) is 29.8 Å². The lowest BCUT2D eigenvalue weighted by Crippen LogP contribution is -2.26. The zero-order chi connectivity index (χ0) is 26.6. The number of rotatable bonds is 12. The van der Waals surface area contributed by atoms with E-state index in [0.29, 0.717) is 17.9 Å². The summed E-state index contributed by atoms with van der Waals surface area (Å²) in [6.07, 6.45) is 1.87. The van der Waals surface area contributed by atoms with Crippen molar-refractivity contribution in [3.8, 4) is 5.75 Å². The zero-order valence-corrected chi connectivity index (χ0v) is 21.5. The number of benzene rings is 4. The van der Waals surface area contributed by atoms with E-state index in [1.165, 1.54) is 5.56 Å². The van der Waals surface area contributed by atoms with Crippen LogP contribution in [0, 0.1) is 0 Å². The zero-order valence-electron chi connectivity index (χ0n) is 21.5. The van der Waals surface area contributed by atoms with Crippen molar-refractivity contribution >= 4 is 23.2 Å². The first kappa shape index (κ1) is 26.5. The number of ether oxygens (including phenoxy) is 1. The Morgan fingerprint density at radius 3 is 2.24 bits per heavy atom. The Bertz CT molecular complexity index is 1310. The molecule has 194 valence electrons. The number of anilines is 2. The molecule has 1 unspecified atom stereocenters. The average molecular weight is 508 g/mol. The summed E-state index contributed by atoms with van der Waals surface area (Å²) in [6.45, 7) is 2.65. The molecule has 4 rings (SSSR count). The van der Waals surface area contributed by atoms with Gasteiger partial charge in [0.2, 0.25) is 5.91 Å². The Labute approximate surface area is 224 Å². The topological polar surface area (TPSA) is 79.5 Å². The van der Waals surface area contributed by atoms with Gasteiger partial charge in [0.25, 0.3) is 5.91 Å². The molecule has 0 fully saturated rings. The molecule has 0 bridgehead atoms.